The van der Waals surface area contributed by atoms with E-state index in [0.29, 0.717) is 23.5 Å². The van der Waals surface area contributed by atoms with Crippen molar-refractivity contribution in [3.63, 3.8) is 0 Å². The van der Waals surface area contributed by atoms with Crippen LogP contribution in [0.3, 0.4) is 0 Å². The average Bonchev–Trinajstić information content (AvgIpc) is 3.30. The molecule has 0 fully saturated rings. The summed E-state index contributed by atoms with van der Waals surface area (Å²) >= 11 is 10.9. The molecule has 3 aromatic carbocycles. The van der Waals surface area contributed by atoms with Gasteiger partial charge in [0, 0.05) is 17.2 Å². The van der Waals surface area contributed by atoms with E-state index >= 15 is 0 Å². The van der Waals surface area contributed by atoms with Crippen molar-refractivity contribution in [3.05, 3.63) is 131 Å². The third-order valence-electron chi connectivity index (χ3n) is 6.63. The van der Waals surface area contributed by atoms with E-state index < -0.39 is 39.9 Å². The van der Waals surface area contributed by atoms with Gasteiger partial charge in [-0.2, -0.15) is 13.2 Å². The summed E-state index contributed by atoms with van der Waals surface area (Å²) in [6, 6.07) is 13.8. The second-order valence-electron chi connectivity index (χ2n) is 9.64. The second kappa shape index (κ2) is 13.8. The van der Waals surface area contributed by atoms with Gasteiger partial charge in [0.2, 0.25) is 0 Å². The third-order valence-corrected chi connectivity index (χ3v) is 9.47. The van der Waals surface area contributed by atoms with Crippen molar-refractivity contribution in [2.24, 2.45) is 4.99 Å². The number of hydrogen-bond donors (Lipinski definition) is 0. The molecule has 1 aromatic heterocycles. The number of nitro groups is 1. The summed E-state index contributed by atoms with van der Waals surface area (Å²) < 4.78 is 56.5. The Morgan fingerprint density at radius 3 is 2.33 bits per heavy atom. The highest BCUT2D eigenvalue weighted by Gasteiger charge is 2.45. The second-order valence-corrected chi connectivity index (χ2v) is 13.4. The molecular formula is C30H19ClF3I2N3O6S. The molecule has 16 heteroatoms. The molecule has 0 bridgehead atoms. The molecule has 0 N–H and O–H groups in total. The summed E-state index contributed by atoms with van der Waals surface area (Å²) in [4.78, 5) is 40.8. The highest BCUT2D eigenvalue weighted by atomic mass is 127. The minimum Gasteiger partial charge on any atom is -0.487 e. The smallest absolute Gasteiger partial charge is 0.434 e. The number of alkyl halides is 3. The molecule has 0 saturated carbocycles. The van der Waals surface area contributed by atoms with Crippen LogP contribution in [0.2, 0.25) is 5.02 Å². The summed E-state index contributed by atoms with van der Waals surface area (Å²) in [6.07, 6.45) is -3.48. The molecule has 9 nitrogen and oxygen atoms in total. The van der Waals surface area contributed by atoms with Gasteiger partial charge in [0.1, 0.15) is 12.4 Å². The number of halogens is 6. The van der Waals surface area contributed by atoms with Crippen LogP contribution in [0.4, 0.5) is 18.9 Å². The molecule has 1 aliphatic rings. The molecule has 0 spiro atoms. The zero-order valence-electron chi connectivity index (χ0n) is 23.3. The lowest BCUT2D eigenvalue weighted by atomic mass is 9.95. The summed E-state index contributed by atoms with van der Waals surface area (Å²) in [5, 5.41) is 11.2. The van der Waals surface area contributed by atoms with Gasteiger partial charge < -0.3 is 9.47 Å². The minimum absolute atomic E-state index is 0.0335. The molecule has 5 rings (SSSR count). The van der Waals surface area contributed by atoms with Crippen molar-refractivity contribution >= 4 is 85.9 Å². The molecule has 4 aromatic rings. The lowest BCUT2D eigenvalue weighted by molar-refractivity contribution is -0.384. The van der Waals surface area contributed by atoms with Crippen LogP contribution < -0.4 is 19.6 Å². The number of thiazole rings is 1. The SMILES string of the molecule is CCOC(=O)C1=C(C(F)(F)F)N=c2s/c(=C\c3cc(I)c(OCc4ccc([N+](=O)[O-])cc4)c(I)c3)c(=O)n2[C@H]1c1ccc(Cl)cc1. The monoisotopic (exact) mass is 895 g/mol. The van der Waals surface area contributed by atoms with Gasteiger partial charge in [-0.05, 0) is 111 Å². The normalized spacial score (nSPS) is 14.9. The zero-order valence-corrected chi connectivity index (χ0v) is 29.2. The van der Waals surface area contributed by atoms with Crippen molar-refractivity contribution in [2.45, 2.75) is 25.7 Å². The number of carbonyl (C=O) groups is 1. The Hall–Kier alpha value is -3.29. The Morgan fingerprint density at radius 1 is 1.13 bits per heavy atom. The number of nitrogens with zero attached hydrogens (tertiary/aromatic N) is 3. The van der Waals surface area contributed by atoms with Crippen molar-refractivity contribution < 1.29 is 32.4 Å². The van der Waals surface area contributed by atoms with Crippen molar-refractivity contribution in [1.82, 2.24) is 4.57 Å². The molecule has 0 amide bonds. The number of non-ortho nitro benzene ring substituents is 1. The Balaban J connectivity index is 1.57. The van der Waals surface area contributed by atoms with Crippen LogP contribution in [0.25, 0.3) is 6.08 Å². The first-order valence-electron chi connectivity index (χ1n) is 13.2. The van der Waals surface area contributed by atoms with Crippen LogP contribution in [-0.2, 0) is 16.1 Å². The van der Waals surface area contributed by atoms with E-state index in [0.717, 1.165) is 21.5 Å². The maximum absolute atomic E-state index is 14.3. The predicted molar refractivity (Wildman–Crippen MR) is 182 cm³/mol. The number of carbonyl (C=O) groups excluding carboxylic acids is 1. The molecule has 0 aliphatic carbocycles. The molecular weight excluding hydrogens is 877 g/mol. The fraction of sp³-hybridized carbons (Fsp3) is 0.167. The zero-order chi connectivity index (χ0) is 33.3. The van der Waals surface area contributed by atoms with E-state index in [-0.39, 0.29) is 33.8 Å². The molecule has 0 saturated heterocycles. The van der Waals surface area contributed by atoms with Crippen LogP contribution >= 0.6 is 68.1 Å². The highest BCUT2D eigenvalue weighted by Crippen LogP contribution is 2.38. The van der Waals surface area contributed by atoms with Gasteiger partial charge >= 0.3 is 12.1 Å². The molecule has 46 heavy (non-hydrogen) atoms. The molecule has 238 valence electrons. The van der Waals surface area contributed by atoms with Crippen LogP contribution in [0.1, 0.15) is 29.7 Å². The van der Waals surface area contributed by atoms with E-state index in [2.05, 4.69) is 50.2 Å². The quantitative estimate of drug-likeness (QED) is 0.0844. The Labute approximate surface area is 294 Å². The van der Waals surface area contributed by atoms with Crippen LogP contribution in [0.15, 0.2) is 81.7 Å². The number of hydrogen-bond acceptors (Lipinski definition) is 8. The summed E-state index contributed by atoms with van der Waals surface area (Å²) in [7, 11) is 0. The lowest BCUT2D eigenvalue weighted by Gasteiger charge is -2.26. The van der Waals surface area contributed by atoms with Gasteiger partial charge in [-0.15, -0.1) is 0 Å². The Kier molecular flexibility index (Phi) is 10.2. The van der Waals surface area contributed by atoms with E-state index in [9.17, 15) is 32.9 Å². The number of rotatable bonds is 8. The number of ether oxygens (including phenoxy) is 2. The number of nitro benzene ring substituents is 1. The van der Waals surface area contributed by atoms with Gasteiger partial charge in [0.25, 0.3) is 11.2 Å². The first-order chi connectivity index (χ1) is 21.8. The van der Waals surface area contributed by atoms with Gasteiger partial charge in [0.15, 0.2) is 10.5 Å². The van der Waals surface area contributed by atoms with Crippen molar-refractivity contribution in [1.29, 1.82) is 0 Å². The number of esters is 1. The fourth-order valence-electron chi connectivity index (χ4n) is 4.62. The first kappa shape index (κ1) is 34.1. The van der Waals surface area contributed by atoms with Gasteiger partial charge in [-0.25, -0.2) is 9.79 Å². The Bertz CT molecular complexity index is 2040. The average molecular weight is 896 g/mol. The van der Waals surface area contributed by atoms with Crippen molar-refractivity contribution in [3.8, 4) is 5.75 Å². The van der Waals surface area contributed by atoms with E-state index in [4.69, 9.17) is 21.1 Å². The maximum Gasteiger partial charge on any atom is 0.434 e. The summed E-state index contributed by atoms with van der Waals surface area (Å²) in [5.41, 5.74) is -1.39. The van der Waals surface area contributed by atoms with Gasteiger partial charge in [-0.3, -0.25) is 19.5 Å². The van der Waals surface area contributed by atoms with Gasteiger partial charge in [0.05, 0.1) is 34.8 Å². The number of allylic oxidation sites excluding steroid dienone is 1. The molecule has 1 atom stereocenters. The molecule has 2 heterocycles. The van der Waals surface area contributed by atoms with Gasteiger partial charge in [-0.1, -0.05) is 35.1 Å². The molecule has 1 aliphatic heterocycles. The fourth-order valence-corrected chi connectivity index (χ4v) is 7.88. The standard InChI is InChI=1S/C30H19ClF3I2N3O6S/c1-2-44-28(41)23-24(17-5-7-18(31)8-6-17)38-27(40)22(46-29(38)37-26(23)30(32,33)34)13-16-11-20(35)25(21(36)12-16)45-14-15-3-9-19(10-4-15)39(42)43/h3-13,24H,2,14H2,1H3/b22-13-/t24-/m0/s1. The topological polar surface area (TPSA) is 113 Å². The number of aromatic nitrogens is 1. The van der Waals surface area contributed by atoms with Crippen LogP contribution in [0.5, 0.6) is 5.75 Å². The lowest BCUT2D eigenvalue weighted by Crippen LogP contribution is -2.41. The number of fused-ring (bicyclic) bond motifs is 1. The van der Waals surface area contributed by atoms with Crippen molar-refractivity contribution in [2.75, 3.05) is 6.61 Å². The van der Waals surface area contributed by atoms with E-state index in [1.165, 1.54) is 49.4 Å². The minimum atomic E-state index is -5.02. The predicted octanol–water partition coefficient (Wildman–Crippen LogP) is 6.69. The van der Waals surface area contributed by atoms with Crippen LogP contribution in [0, 0.1) is 17.3 Å². The van der Waals surface area contributed by atoms with E-state index in [1.807, 2.05) is 0 Å². The van der Waals surface area contributed by atoms with E-state index in [1.54, 1.807) is 24.3 Å². The maximum atomic E-state index is 14.3. The first-order valence-corrected chi connectivity index (χ1v) is 16.5. The Morgan fingerprint density at radius 2 is 1.76 bits per heavy atom. The molecule has 0 radical (unpaired) electrons. The van der Waals surface area contributed by atoms with Crippen LogP contribution in [-0.4, -0.2) is 28.2 Å². The third kappa shape index (κ3) is 7.16. The highest BCUT2D eigenvalue weighted by molar-refractivity contribution is 14.1. The largest absolute Gasteiger partial charge is 0.487 e. The number of benzene rings is 3. The molecule has 0 unspecified atom stereocenters. The summed E-state index contributed by atoms with van der Waals surface area (Å²) in [6.45, 7) is 1.43. The summed E-state index contributed by atoms with van der Waals surface area (Å²) in [5.74, 6) is -0.684.